The van der Waals surface area contributed by atoms with Crippen molar-refractivity contribution in [3.8, 4) is 0 Å². The lowest BCUT2D eigenvalue weighted by Gasteiger charge is -2.28. The number of aliphatic hydroxyl groups excluding tert-OH is 2. The first-order valence-corrected chi connectivity index (χ1v) is 9.10. The van der Waals surface area contributed by atoms with Crippen LogP contribution in [-0.4, -0.2) is 47.6 Å². The molecule has 1 fully saturated rings. The lowest BCUT2D eigenvalue weighted by Crippen LogP contribution is -2.35. The van der Waals surface area contributed by atoms with Crippen LogP contribution in [0.5, 0.6) is 0 Å². The normalized spacial score (nSPS) is 31.8. The van der Waals surface area contributed by atoms with E-state index in [9.17, 15) is 19.8 Å². The van der Waals surface area contributed by atoms with Crippen molar-refractivity contribution < 1.29 is 29.3 Å². The molecule has 0 unspecified atom stereocenters. The van der Waals surface area contributed by atoms with Crippen molar-refractivity contribution in [3.63, 3.8) is 0 Å². The van der Waals surface area contributed by atoms with Crippen LogP contribution in [0.3, 0.4) is 0 Å². The number of carbonyl (C=O) groups is 2. The molecule has 0 radical (unpaired) electrons. The Labute approximate surface area is 154 Å². The lowest BCUT2D eigenvalue weighted by molar-refractivity contribution is -0.156. The highest BCUT2D eigenvalue weighted by Gasteiger charge is 2.44. The van der Waals surface area contributed by atoms with Gasteiger partial charge in [0.1, 0.15) is 12.2 Å². The third-order valence-electron chi connectivity index (χ3n) is 5.11. The van der Waals surface area contributed by atoms with Crippen LogP contribution in [0.2, 0.25) is 0 Å². The summed E-state index contributed by atoms with van der Waals surface area (Å²) in [5.74, 6) is -1.67. The number of esters is 2. The molecular formula is C20H28O6. The Balaban J connectivity index is 2.40. The first kappa shape index (κ1) is 20.4. The number of rotatable bonds is 5. The molecule has 0 aromatic carbocycles. The minimum atomic E-state index is -0.659. The van der Waals surface area contributed by atoms with Gasteiger partial charge in [-0.05, 0) is 36.5 Å². The first-order chi connectivity index (χ1) is 12.4. The van der Waals surface area contributed by atoms with Crippen LogP contribution < -0.4 is 0 Å². The summed E-state index contributed by atoms with van der Waals surface area (Å²) in [5.41, 5.74) is 1.73. The highest BCUT2D eigenvalue weighted by atomic mass is 16.6. The first-order valence-electron chi connectivity index (χ1n) is 9.10. The topological polar surface area (TPSA) is 93.1 Å². The molecule has 26 heavy (non-hydrogen) atoms. The zero-order valence-corrected chi connectivity index (χ0v) is 15.4. The fourth-order valence-electron chi connectivity index (χ4n) is 3.23. The largest absolute Gasteiger partial charge is 0.461 e. The molecule has 144 valence electrons. The SMILES string of the molecule is C=C1C(=O)O[C@@H]2/C=C(\CO)CC/C=C(\CO)C[C@H](OC(=O)[C@H](C)CC)[C@@H]12. The zero-order valence-electron chi connectivity index (χ0n) is 15.4. The highest BCUT2D eigenvalue weighted by molar-refractivity contribution is 5.91. The summed E-state index contributed by atoms with van der Waals surface area (Å²) in [6.07, 6.45) is 4.55. The smallest absolute Gasteiger partial charge is 0.334 e. The maximum Gasteiger partial charge on any atom is 0.334 e. The molecule has 1 saturated heterocycles. The summed E-state index contributed by atoms with van der Waals surface area (Å²) in [6.45, 7) is 7.22. The molecule has 1 aliphatic heterocycles. The number of carbonyl (C=O) groups excluding carboxylic acids is 2. The molecule has 0 aromatic heterocycles. The quantitative estimate of drug-likeness (QED) is 0.441. The van der Waals surface area contributed by atoms with E-state index in [-0.39, 0.29) is 30.7 Å². The van der Waals surface area contributed by atoms with Crippen molar-refractivity contribution in [1.82, 2.24) is 0 Å². The van der Waals surface area contributed by atoms with Crippen molar-refractivity contribution in [2.24, 2.45) is 11.8 Å². The van der Waals surface area contributed by atoms with E-state index in [1.165, 1.54) is 0 Å². The van der Waals surface area contributed by atoms with E-state index < -0.39 is 24.1 Å². The summed E-state index contributed by atoms with van der Waals surface area (Å²) >= 11 is 0. The Bertz CT molecular complexity index is 618. The average molecular weight is 364 g/mol. The van der Waals surface area contributed by atoms with Gasteiger partial charge in [0.15, 0.2) is 0 Å². The summed E-state index contributed by atoms with van der Waals surface area (Å²) in [4.78, 5) is 24.5. The Kier molecular flexibility index (Phi) is 7.17. The molecule has 2 aliphatic rings. The van der Waals surface area contributed by atoms with Crippen LogP contribution in [-0.2, 0) is 19.1 Å². The second-order valence-electron chi connectivity index (χ2n) is 6.95. The number of aliphatic hydroxyl groups is 2. The maximum absolute atomic E-state index is 12.4. The Morgan fingerprint density at radius 2 is 2.08 bits per heavy atom. The van der Waals surface area contributed by atoms with Gasteiger partial charge in [-0.2, -0.15) is 0 Å². The second kappa shape index (κ2) is 9.14. The van der Waals surface area contributed by atoms with Crippen LogP contribution in [0, 0.1) is 11.8 Å². The van der Waals surface area contributed by atoms with Gasteiger partial charge >= 0.3 is 11.9 Å². The molecular weight excluding hydrogens is 336 g/mol. The van der Waals surface area contributed by atoms with Gasteiger partial charge < -0.3 is 19.7 Å². The molecule has 2 rings (SSSR count). The van der Waals surface area contributed by atoms with E-state index in [1.807, 2.05) is 13.0 Å². The van der Waals surface area contributed by atoms with Crippen LogP contribution in [0.1, 0.15) is 39.5 Å². The molecule has 0 amide bonds. The van der Waals surface area contributed by atoms with Crippen molar-refractivity contribution in [2.75, 3.05) is 13.2 Å². The fourth-order valence-corrected chi connectivity index (χ4v) is 3.23. The molecule has 4 atom stereocenters. The zero-order chi connectivity index (χ0) is 19.3. The van der Waals surface area contributed by atoms with Gasteiger partial charge in [0, 0.05) is 12.0 Å². The third-order valence-corrected chi connectivity index (χ3v) is 5.11. The van der Waals surface area contributed by atoms with E-state index in [0.717, 1.165) is 11.1 Å². The van der Waals surface area contributed by atoms with Crippen LogP contribution in [0.4, 0.5) is 0 Å². The van der Waals surface area contributed by atoms with E-state index in [1.54, 1.807) is 13.0 Å². The van der Waals surface area contributed by atoms with Crippen molar-refractivity contribution in [3.05, 3.63) is 35.5 Å². The molecule has 6 heteroatoms. The monoisotopic (exact) mass is 364 g/mol. The minimum absolute atomic E-state index is 0.146. The van der Waals surface area contributed by atoms with Crippen molar-refractivity contribution >= 4 is 11.9 Å². The second-order valence-corrected chi connectivity index (χ2v) is 6.95. The molecule has 0 aromatic rings. The molecule has 0 bridgehead atoms. The van der Waals surface area contributed by atoms with Gasteiger partial charge in [-0.25, -0.2) is 4.79 Å². The maximum atomic E-state index is 12.4. The number of ether oxygens (including phenoxy) is 2. The predicted octanol–water partition coefficient (Wildman–Crippen LogP) is 2.06. The lowest BCUT2D eigenvalue weighted by atomic mass is 9.85. The van der Waals surface area contributed by atoms with Crippen molar-refractivity contribution in [1.29, 1.82) is 0 Å². The van der Waals surface area contributed by atoms with Gasteiger partial charge in [0.05, 0.1) is 25.0 Å². The van der Waals surface area contributed by atoms with Gasteiger partial charge in [-0.3, -0.25) is 4.79 Å². The Morgan fingerprint density at radius 3 is 2.69 bits per heavy atom. The summed E-state index contributed by atoms with van der Waals surface area (Å²) < 4.78 is 11.1. The van der Waals surface area contributed by atoms with Gasteiger partial charge in [0.2, 0.25) is 0 Å². The highest BCUT2D eigenvalue weighted by Crippen LogP contribution is 2.36. The predicted molar refractivity (Wildman–Crippen MR) is 96.0 cm³/mol. The Hall–Kier alpha value is -1.92. The number of hydrogen-bond acceptors (Lipinski definition) is 6. The molecule has 1 aliphatic carbocycles. The van der Waals surface area contributed by atoms with Crippen LogP contribution >= 0.6 is 0 Å². The number of allylic oxidation sites excluding steroid dienone is 1. The van der Waals surface area contributed by atoms with E-state index in [2.05, 4.69) is 6.58 Å². The third kappa shape index (κ3) is 4.62. The average Bonchev–Trinajstić information content (AvgIpc) is 2.91. The summed E-state index contributed by atoms with van der Waals surface area (Å²) in [6, 6.07) is 0. The van der Waals surface area contributed by atoms with Crippen LogP contribution in [0.25, 0.3) is 0 Å². The number of hydrogen-bond donors (Lipinski definition) is 2. The minimum Gasteiger partial charge on any atom is -0.461 e. The van der Waals surface area contributed by atoms with Gasteiger partial charge in [-0.15, -0.1) is 0 Å². The molecule has 0 spiro atoms. The summed E-state index contributed by atoms with van der Waals surface area (Å²) in [5, 5.41) is 19.2. The molecule has 6 nitrogen and oxygen atoms in total. The fraction of sp³-hybridized carbons (Fsp3) is 0.600. The van der Waals surface area contributed by atoms with E-state index in [4.69, 9.17) is 9.47 Å². The van der Waals surface area contributed by atoms with E-state index in [0.29, 0.717) is 25.7 Å². The molecule has 2 N–H and O–H groups in total. The van der Waals surface area contributed by atoms with Crippen molar-refractivity contribution in [2.45, 2.75) is 51.7 Å². The number of fused-ring (bicyclic) bond motifs is 1. The Morgan fingerprint density at radius 1 is 1.38 bits per heavy atom. The summed E-state index contributed by atoms with van der Waals surface area (Å²) in [7, 11) is 0. The van der Waals surface area contributed by atoms with E-state index >= 15 is 0 Å². The molecule has 0 saturated carbocycles. The van der Waals surface area contributed by atoms with Gasteiger partial charge in [0.25, 0.3) is 0 Å². The standard InChI is InChI=1S/C20H28O6/c1-4-12(2)19(23)25-16-8-14(10-21)6-5-7-15(11-22)9-17-18(16)13(3)20(24)26-17/h6,9,12,16-18,21-22H,3-5,7-8,10-11H2,1-2H3/b14-6-,15-9-/t12-,16+,17-,18-/m1/s1. The van der Waals surface area contributed by atoms with Crippen LogP contribution in [0.15, 0.2) is 35.5 Å². The molecule has 1 heterocycles. The van der Waals surface area contributed by atoms with Gasteiger partial charge in [-0.1, -0.05) is 26.5 Å².